The maximum atomic E-state index is 12.4. The largest absolute Gasteiger partial charge is 0.497 e. The van der Waals surface area contributed by atoms with E-state index in [-0.39, 0.29) is 29.1 Å². The molecule has 1 heterocycles. The summed E-state index contributed by atoms with van der Waals surface area (Å²) in [6, 6.07) is 3.53. The molecule has 1 aliphatic heterocycles. The Morgan fingerprint density at radius 2 is 2.05 bits per heavy atom. The number of nitrogens with zero attached hydrogens (tertiary/aromatic N) is 2. The van der Waals surface area contributed by atoms with Gasteiger partial charge in [0.25, 0.3) is 5.69 Å². The van der Waals surface area contributed by atoms with Crippen LogP contribution in [0.3, 0.4) is 0 Å². The smallest absolute Gasteiger partial charge is 0.293 e. The van der Waals surface area contributed by atoms with Gasteiger partial charge < -0.3 is 10.1 Å². The molecule has 0 saturated carbocycles. The van der Waals surface area contributed by atoms with Gasteiger partial charge >= 0.3 is 0 Å². The SMILES string of the molecule is COc1ccc(S(=O)(=O)N(C)C2CNC2)c([N+](=O)[O-])c1.Cl. The van der Waals surface area contributed by atoms with Crippen LogP contribution in [0.2, 0.25) is 0 Å². The second-order valence-corrected chi connectivity index (χ2v) is 6.39. The molecule has 0 unspecified atom stereocenters. The molecule has 1 aliphatic rings. The maximum Gasteiger partial charge on any atom is 0.293 e. The monoisotopic (exact) mass is 337 g/mol. The molecule has 1 aromatic rings. The standard InChI is InChI=1S/C11H15N3O5S.ClH/c1-13(8-6-12-7-8)20(17,18)11-4-3-9(19-2)5-10(11)14(15)16;/h3-5,8,12H,6-7H2,1-2H3;1H. The van der Waals surface area contributed by atoms with Crippen LogP contribution in [-0.2, 0) is 10.0 Å². The molecule has 0 aliphatic carbocycles. The molecule has 1 N–H and O–H groups in total. The van der Waals surface area contributed by atoms with E-state index in [1.807, 2.05) is 0 Å². The first-order valence-corrected chi connectivity index (χ1v) is 7.33. The fourth-order valence-corrected chi connectivity index (χ4v) is 3.36. The molecule has 0 amide bonds. The number of sulfonamides is 1. The van der Waals surface area contributed by atoms with Gasteiger partial charge in [-0.15, -0.1) is 12.4 Å². The van der Waals surface area contributed by atoms with Crippen molar-refractivity contribution in [1.29, 1.82) is 0 Å². The van der Waals surface area contributed by atoms with Crippen LogP contribution in [0.5, 0.6) is 5.75 Å². The highest BCUT2D eigenvalue weighted by molar-refractivity contribution is 7.89. The average Bonchev–Trinajstić information content (AvgIpc) is 2.35. The normalized spacial score (nSPS) is 15.2. The van der Waals surface area contributed by atoms with Gasteiger partial charge in [-0.25, -0.2) is 8.42 Å². The van der Waals surface area contributed by atoms with E-state index in [1.165, 1.54) is 26.3 Å². The van der Waals surface area contributed by atoms with Crippen LogP contribution in [0.1, 0.15) is 0 Å². The fraction of sp³-hybridized carbons (Fsp3) is 0.455. The third-order valence-corrected chi connectivity index (χ3v) is 5.25. The van der Waals surface area contributed by atoms with Crippen molar-refractivity contribution in [3.05, 3.63) is 28.3 Å². The van der Waals surface area contributed by atoms with Gasteiger partial charge in [-0.05, 0) is 12.1 Å². The molecule has 0 spiro atoms. The predicted molar refractivity (Wildman–Crippen MR) is 78.5 cm³/mol. The van der Waals surface area contributed by atoms with E-state index in [0.29, 0.717) is 13.1 Å². The van der Waals surface area contributed by atoms with E-state index in [1.54, 1.807) is 0 Å². The Balaban J connectivity index is 0.00000220. The molecule has 1 aromatic carbocycles. The van der Waals surface area contributed by atoms with E-state index in [2.05, 4.69) is 5.32 Å². The van der Waals surface area contributed by atoms with Crippen molar-refractivity contribution in [1.82, 2.24) is 9.62 Å². The second-order valence-electron chi connectivity index (χ2n) is 4.42. The lowest BCUT2D eigenvalue weighted by molar-refractivity contribution is -0.387. The molecule has 1 saturated heterocycles. The van der Waals surface area contributed by atoms with Crippen molar-refractivity contribution in [3.8, 4) is 5.75 Å². The van der Waals surface area contributed by atoms with Crippen LogP contribution in [0.15, 0.2) is 23.1 Å². The van der Waals surface area contributed by atoms with Crippen molar-refractivity contribution in [2.75, 3.05) is 27.2 Å². The van der Waals surface area contributed by atoms with Crippen LogP contribution in [-0.4, -0.2) is 50.9 Å². The summed E-state index contributed by atoms with van der Waals surface area (Å²) < 4.78 is 30.9. The fourth-order valence-electron chi connectivity index (χ4n) is 1.87. The summed E-state index contributed by atoms with van der Waals surface area (Å²) >= 11 is 0. The van der Waals surface area contributed by atoms with E-state index in [4.69, 9.17) is 4.74 Å². The Morgan fingerprint density at radius 1 is 1.43 bits per heavy atom. The summed E-state index contributed by atoms with van der Waals surface area (Å²) in [7, 11) is -1.12. The number of halogens is 1. The predicted octanol–water partition coefficient (Wildman–Crippen LogP) is 0.618. The maximum absolute atomic E-state index is 12.4. The van der Waals surface area contributed by atoms with E-state index < -0.39 is 20.6 Å². The molecule has 0 radical (unpaired) electrons. The average molecular weight is 338 g/mol. The highest BCUT2D eigenvalue weighted by Crippen LogP contribution is 2.31. The summed E-state index contributed by atoms with van der Waals surface area (Å²) in [5.74, 6) is 0.239. The molecule has 0 aromatic heterocycles. The molecule has 2 rings (SSSR count). The Bertz CT molecular complexity index is 633. The molecular formula is C11H16ClN3O5S. The molecule has 21 heavy (non-hydrogen) atoms. The van der Waals surface area contributed by atoms with Crippen molar-refractivity contribution in [2.45, 2.75) is 10.9 Å². The number of hydrogen-bond donors (Lipinski definition) is 1. The topological polar surface area (TPSA) is 102 Å². The third-order valence-electron chi connectivity index (χ3n) is 3.29. The van der Waals surface area contributed by atoms with Gasteiger partial charge in [0, 0.05) is 26.2 Å². The lowest BCUT2D eigenvalue weighted by atomic mass is 10.2. The number of benzene rings is 1. The number of nitrogens with one attached hydrogen (secondary N) is 1. The van der Waals surface area contributed by atoms with Crippen LogP contribution in [0.25, 0.3) is 0 Å². The van der Waals surface area contributed by atoms with E-state index in [0.717, 1.165) is 10.4 Å². The van der Waals surface area contributed by atoms with Gasteiger partial charge in [0.05, 0.1) is 18.1 Å². The molecule has 118 valence electrons. The summed E-state index contributed by atoms with van der Waals surface area (Å²) in [5, 5.41) is 14.0. The van der Waals surface area contributed by atoms with Crippen molar-refractivity contribution in [2.24, 2.45) is 0 Å². The zero-order chi connectivity index (χ0) is 14.9. The van der Waals surface area contributed by atoms with Gasteiger partial charge in [-0.1, -0.05) is 0 Å². The highest BCUT2D eigenvalue weighted by Gasteiger charge is 2.36. The highest BCUT2D eigenvalue weighted by atomic mass is 35.5. The van der Waals surface area contributed by atoms with Crippen LogP contribution < -0.4 is 10.1 Å². The van der Waals surface area contributed by atoms with Crippen LogP contribution in [0, 0.1) is 10.1 Å². The molecule has 1 fully saturated rings. The minimum atomic E-state index is -3.90. The lowest BCUT2D eigenvalue weighted by Crippen LogP contribution is -2.57. The molecule has 10 heteroatoms. The number of ether oxygens (including phenoxy) is 1. The Kier molecular flexibility index (Phi) is 5.51. The van der Waals surface area contributed by atoms with Crippen molar-refractivity contribution < 1.29 is 18.1 Å². The molecule has 0 atom stereocenters. The van der Waals surface area contributed by atoms with Gasteiger partial charge in [-0.3, -0.25) is 10.1 Å². The Labute approximate surface area is 128 Å². The van der Waals surface area contributed by atoms with E-state index in [9.17, 15) is 18.5 Å². The number of rotatable bonds is 5. The Hall–Kier alpha value is -1.42. The lowest BCUT2D eigenvalue weighted by Gasteiger charge is -2.34. The molecular weight excluding hydrogens is 322 g/mol. The van der Waals surface area contributed by atoms with E-state index >= 15 is 0 Å². The third kappa shape index (κ3) is 3.26. The zero-order valence-electron chi connectivity index (χ0n) is 11.5. The minimum absolute atomic E-state index is 0. The number of nitro groups is 1. The van der Waals surface area contributed by atoms with Crippen LogP contribution in [0.4, 0.5) is 5.69 Å². The number of methoxy groups -OCH3 is 1. The van der Waals surface area contributed by atoms with Gasteiger partial charge in [0.15, 0.2) is 4.90 Å². The molecule has 0 bridgehead atoms. The number of hydrogen-bond acceptors (Lipinski definition) is 6. The first-order valence-electron chi connectivity index (χ1n) is 5.89. The second kappa shape index (κ2) is 6.56. The van der Waals surface area contributed by atoms with Crippen molar-refractivity contribution >= 4 is 28.1 Å². The van der Waals surface area contributed by atoms with Gasteiger partial charge in [0.1, 0.15) is 5.75 Å². The Morgan fingerprint density at radius 3 is 2.48 bits per heavy atom. The van der Waals surface area contributed by atoms with Gasteiger partial charge in [0.2, 0.25) is 10.0 Å². The minimum Gasteiger partial charge on any atom is -0.497 e. The number of nitro benzene ring substituents is 1. The summed E-state index contributed by atoms with van der Waals surface area (Å²) in [4.78, 5) is 10.0. The first kappa shape index (κ1) is 17.6. The van der Waals surface area contributed by atoms with Crippen molar-refractivity contribution in [3.63, 3.8) is 0 Å². The quantitative estimate of drug-likeness (QED) is 0.624. The summed E-state index contributed by atoms with van der Waals surface area (Å²) in [6.07, 6.45) is 0. The van der Waals surface area contributed by atoms with Gasteiger partial charge in [-0.2, -0.15) is 4.31 Å². The van der Waals surface area contributed by atoms with Crippen LogP contribution >= 0.6 is 12.4 Å². The zero-order valence-corrected chi connectivity index (χ0v) is 13.1. The summed E-state index contributed by atoms with van der Waals surface area (Å²) in [6.45, 7) is 1.08. The molecule has 8 nitrogen and oxygen atoms in total. The first-order chi connectivity index (χ1) is 9.37. The number of likely N-dealkylation sites (N-methyl/N-ethyl adjacent to an activating group) is 1. The summed E-state index contributed by atoms with van der Waals surface area (Å²) in [5.41, 5.74) is -0.483.